The van der Waals surface area contributed by atoms with E-state index >= 15 is 0 Å². The molecule has 0 atom stereocenters. The van der Waals surface area contributed by atoms with E-state index in [2.05, 4.69) is 40.1 Å². The maximum atomic E-state index is 5.94. The zero-order valence-corrected chi connectivity index (χ0v) is 14.0. The molecule has 118 valence electrons. The number of hydrogen-bond donors (Lipinski definition) is 1. The van der Waals surface area contributed by atoms with Gasteiger partial charge in [-0.25, -0.2) is 4.98 Å². The van der Waals surface area contributed by atoms with Crippen LogP contribution in [-0.4, -0.2) is 33.2 Å². The molecule has 0 saturated carbocycles. The van der Waals surface area contributed by atoms with Gasteiger partial charge in [0.05, 0.1) is 11.2 Å². The molecule has 0 radical (unpaired) electrons. The third kappa shape index (κ3) is 2.93. The van der Waals surface area contributed by atoms with E-state index in [1.54, 1.807) is 0 Å². The second kappa shape index (κ2) is 5.80. The molecule has 0 spiro atoms. The lowest BCUT2D eigenvalue weighted by molar-refractivity contribution is 1.13. The standard InChI is InChI=1S/C19H22N4/c1-22(2)15-7-5-6-13(10-15)18-12-19(23(3)4)16-11-14(20)8-9-17(16)21-18/h5-12H,20H2,1-4H3. The summed E-state index contributed by atoms with van der Waals surface area (Å²) in [5.74, 6) is 0. The highest BCUT2D eigenvalue weighted by Gasteiger charge is 2.10. The van der Waals surface area contributed by atoms with Crippen molar-refractivity contribution in [3.05, 3.63) is 48.5 Å². The van der Waals surface area contributed by atoms with E-state index < -0.39 is 0 Å². The van der Waals surface area contributed by atoms with Crippen molar-refractivity contribution in [2.45, 2.75) is 0 Å². The Balaban J connectivity index is 2.22. The van der Waals surface area contributed by atoms with Crippen molar-refractivity contribution in [1.82, 2.24) is 4.98 Å². The summed E-state index contributed by atoms with van der Waals surface area (Å²) in [5.41, 5.74) is 12.0. The maximum absolute atomic E-state index is 5.94. The largest absolute Gasteiger partial charge is 0.399 e. The first-order valence-electron chi connectivity index (χ1n) is 7.61. The number of nitrogens with zero attached hydrogens (tertiary/aromatic N) is 3. The molecule has 4 heteroatoms. The van der Waals surface area contributed by atoms with Crippen LogP contribution in [0.3, 0.4) is 0 Å². The molecule has 23 heavy (non-hydrogen) atoms. The van der Waals surface area contributed by atoms with Gasteiger partial charge in [0.15, 0.2) is 0 Å². The molecule has 1 heterocycles. The molecule has 0 unspecified atom stereocenters. The molecule has 2 aromatic carbocycles. The average Bonchev–Trinajstić information content (AvgIpc) is 2.53. The lowest BCUT2D eigenvalue weighted by atomic mass is 10.1. The van der Waals surface area contributed by atoms with Crippen LogP contribution in [0.2, 0.25) is 0 Å². The van der Waals surface area contributed by atoms with E-state index in [0.29, 0.717) is 0 Å². The van der Waals surface area contributed by atoms with Crippen LogP contribution in [0.1, 0.15) is 0 Å². The van der Waals surface area contributed by atoms with Gasteiger partial charge in [0, 0.05) is 56.2 Å². The van der Waals surface area contributed by atoms with Crippen molar-refractivity contribution < 1.29 is 0 Å². The fourth-order valence-electron chi connectivity index (χ4n) is 2.69. The highest BCUT2D eigenvalue weighted by molar-refractivity contribution is 5.96. The molecule has 0 aliphatic carbocycles. The van der Waals surface area contributed by atoms with Crippen LogP contribution in [-0.2, 0) is 0 Å². The minimum atomic E-state index is 0.754. The predicted octanol–water partition coefficient (Wildman–Crippen LogP) is 3.62. The number of benzene rings is 2. The van der Waals surface area contributed by atoms with Crippen LogP contribution in [0.15, 0.2) is 48.5 Å². The Bertz CT molecular complexity index is 853. The zero-order chi connectivity index (χ0) is 16.6. The molecule has 1 aromatic heterocycles. The Morgan fingerprint density at radius 3 is 2.35 bits per heavy atom. The van der Waals surface area contributed by atoms with Gasteiger partial charge in [-0.05, 0) is 36.4 Å². The number of hydrogen-bond acceptors (Lipinski definition) is 4. The minimum absolute atomic E-state index is 0.754. The highest BCUT2D eigenvalue weighted by Crippen LogP contribution is 2.32. The number of aromatic nitrogens is 1. The summed E-state index contributed by atoms with van der Waals surface area (Å²) in [5, 5.41) is 1.07. The van der Waals surface area contributed by atoms with Gasteiger partial charge >= 0.3 is 0 Å². The van der Waals surface area contributed by atoms with Gasteiger partial charge in [-0.3, -0.25) is 0 Å². The fourth-order valence-corrected chi connectivity index (χ4v) is 2.69. The van der Waals surface area contributed by atoms with Crippen LogP contribution in [0.4, 0.5) is 17.1 Å². The predicted molar refractivity (Wildman–Crippen MR) is 100 cm³/mol. The van der Waals surface area contributed by atoms with Crippen LogP contribution < -0.4 is 15.5 Å². The van der Waals surface area contributed by atoms with Crippen LogP contribution in [0, 0.1) is 0 Å². The highest BCUT2D eigenvalue weighted by atomic mass is 15.1. The third-order valence-electron chi connectivity index (χ3n) is 3.95. The van der Waals surface area contributed by atoms with Crippen molar-refractivity contribution >= 4 is 28.0 Å². The van der Waals surface area contributed by atoms with E-state index in [1.165, 1.54) is 0 Å². The van der Waals surface area contributed by atoms with E-state index in [0.717, 1.165) is 39.2 Å². The maximum Gasteiger partial charge on any atom is 0.0731 e. The van der Waals surface area contributed by atoms with Crippen LogP contribution in [0.25, 0.3) is 22.2 Å². The molecule has 3 aromatic rings. The Kier molecular flexibility index (Phi) is 3.82. The van der Waals surface area contributed by atoms with E-state index in [1.807, 2.05) is 46.4 Å². The number of anilines is 3. The summed E-state index contributed by atoms with van der Waals surface area (Å²) >= 11 is 0. The van der Waals surface area contributed by atoms with Crippen LogP contribution in [0.5, 0.6) is 0 Å². The topological polar surface area (TPSA) is 45.4 Å². The minimum Gasteiger partial charge on any atom is -0.399 e. The van der Waals surface area contributed by atoms with Crippen LogP contribution >= 0.6 is 0 Å². The number of nitrogens with two attached hydrogens (primary N) is 1. The molecule has 2 N–H and O–H groups in total. The lowest BCUT2D eigenvalue weighted by Gasteiger charge is -2.18. The molecule has 4 nitrogen and oxygen atoms in total. The van der Waals surface area contributed by atoms with Gasteiger partial charge in [0.25, 0.3) is 0 Å². The van der Waals surface area contributed by atoms with Gasteiger partial charge in [-0.1, -0.05) is 12.1 Å². The number of pyridine rings is 1. The first-order valence-corrected chi connectivity index (χ1v) is 7.61. The first-order chi connectivity index (χ1) is 11.0. The van der Waals surface area contributed by atoms with Gasteiger partial charge in [0.1, 0.15) is 0 Å². The van der Waals surface area contributed by atoms with Crippen molar-refractivity contribution in [3.8, 4) is 11.3 Å². The Labute approximate surface area is 137 Å². The van der Waals surface area contributed by atoms with Crippen molar-refractivity contribution in [2.24, 2.45) is 0 Å². The van der Waals surface area contributed by atoms with E-state index in [4.69, 9.17) is 10.7 Å². The second-order valence-corrected chi connectivity index (χ2v) is 6.14. The Hall–Kier alpha value is -2.75. The molecule has 0 saturated heterocycles. The molecule has 0 amide bonds. The zero-order valence-electron chi connectivity index (χ0n) is 14.0. The summed E-state index contributed by atoms with van der Waals surface area (Å²) < 4.78 is 0. The van der Waals surface area contributed by atoms with Gasteiger partial charge in [-0.2, -0.15) is 0 Å². The van der Waals surface area contributed by atoms with Crippen molar-refractivity contribution in [3.63, 3.8) is 0 Å². The first kappa shape index (κ1) is 15.2. The second-order valence-electron chi connectivity index (χ2n) is 6.14. The van der Waals surface area contributed by atoms with Gasteiger partial charge < -0.3 is 15.5 Å². The van der Waals surface area contributed by atoms with Gasteiger partial charge in [-0.15, -0.1) is 0 Å². The number of rotatable bonds is 3. The summed E-state index contributed by atoms with van der Waals surface area (Å²) in [7, 11) is 8.16. The van der Waals surface area contributed by atoms with Crippen molar-refractivity contribution in [2.75, 3.05) is 43.7 Å². The summed E-state index contributed by atoms with van der Waals surface area (Å²) in [4.78, 5) is 9.02. The molecular weight excluding hydrogens is 284 g/mol. The fraction of sp³-hybridized carbons (Fsp3) is 0.211. The van der Waals surface area contributed by atoms with E-state index in [-0.39, 0.29) is 0 Å². The Morgan fingerprint density at radius 1 is 0.870 bits per heavy atom. The van der Waals surface area contributed by atoms with E-state index in [9.17, 15) is 0 Å². The Morgan fingerprint density at radius 2 is 1.65 bits per heavy atom. The molecule has 3 rings (SSSR count). The number of nitrogen functional groups attached to an aromatic ring is 1. The summed E-state index contributed by atoms with van der Waals surface area (Å²) in [6, 6.07) is 16.4. The van der Waals surface area contributed by atoms with Crippen molar-refractivity contribution in [1.29, 1.82) is 0 Å². The molecular formula is C19H22N4. The summed E-state index contributed by atoms with van der Waals surface area (Å²) in [6.45, 7) is 0. The molecule has 0 aliphatic heterocycles. The molecule has 0 aliphatic rings. The average molecular weight is 306 g/mol. The van der Waals surface area contributed by atoms with Gasteiger partial charge in [0.2, 0.25) is 0 Å². The molecule has 0 bridgehead atoms. The third-order valence-corrected chi connectivity index (χ3v) is 3.95. The molecule has 0 fully saturated rings. The quantitative estimate of drug-likeness (QED) is 0.751. The lowest BCUT2D eigenvalue weighted by Crippen LogP contribution is -2.10. The smallest absolute Gasteiger partial charge is 0.0731 e. The number of fused-ring (bicyclic) bond motifs is 1. The monoisotopic (exact) mass is 306 g/mol. The SMILES string of the molecule is CN(C)c1cccc(-c2cc(N(C)C)c3cc(N)ccc3n2)c1. The summed E-state index contributed by atoms with van der Waals surface area (Å²) in [6.07, 6.45) is 0. The normalized spacial score (nSPS) is 10.8.